The fraction of sp³-hybridized carbons (Fsp3) is 0.588. The van der Waals surface area contributed by atoms with Gasteiger partial charge < -0.3 is 10.1 Å². The lowest BCUT2D eigenvalue weighted by Gasteiger charge is -2.13. The molecular weight excluding hydrogens is 296 g/mol. The van der Waals surface area contributed by atoms with E-state index in [4.69, 9.17) is 4.74 Å². The zero-order valence-electron chi connectivity index (χ0n) is 12.8. The summed E-state index contributed by atoms with van der Waals surface area (Å²) in [7, 11) is 0. The molecule has 1 aromatic carbocycles. The second kappa shape index (κ2) is 7.88. The molecule has 1 aliphatic heterocycles. The van der Waals surface area contributed by atoms with Gasteiger partial charge in [0.05, 0.1) is 12.1 Å². The number of rotatable bonds is 6. The molecule has 1 aromatic rings. The molecule has 1 amide bonds. The number of thioether (sulfide) groups is 1. The van der Waals surface area contributed by atoms with Gasteiger partial charge in [0.2, 0.25) is 5.91 Å². The molecule has 5 heteroatoms. The molecule has 1 unspecified atom stereocenters. The van der Waals surface area contributed by atoms with Crippen molar-refractivity contribution in [2.24, 2.45) is 0 Å². The van der Waals surface area contributed by atoms with Crippen molar-refractivity contribution < 1.29 is 9.53 Å². The molecule has 1 saturated carbocycles. The molecule has 0 spiro atoms. The van der Waals surface area contributed by atoms with Crippen LogP contribution in [0.25, 0.3) is 0 Å². The molecule has 1 saturated heterocycles. The van der Waals surface area contributed by atoms with Crippen molar-refractivity contribution in [3.63, 3.8) is 0 Å². The molecule has 1 heterocycles. The third-order valence-corrected chi connectivity index (χ3v) is 5.21. The summed E-state index contributed by atoms with van der Waals surface area (Å²) < 4.78 is 5.96. The Balaban J connectivity index is 1.39. The Morgan fingerprint density at radius 2 is 2.05 bits per heavy atom. The number of benzene rings is 1. The summed E-state index contributed by atoms with van der Waals surface area (Å²) in [4.78, 5) is 11.9. The summed E-state index contributed by atoms with van der Waals surface area (Å²) in [5.74, 6) is 2.83. The van der Waals surface area contributed by atoms with Crippen molar-refractivity contribution in [2.45, 2.75) is 44.2 Å². The van der Waals surface area contributed by atoms with E-state index in [0.29, 0.717) is 12.6 Å². The summed E-state index contributed by atoms with van der Waals surface area (Å²) in [6.45, 7) is 0.685. The molecule has 0 bridgehead atoms. The number of ether oxygens (including phenoxy) is 1. The van der Waals surface area contributed by atoms with Gasteiger partial charge in [0.15, 0.2) is 0 Å². The third-order valence-electron chi connectivity index (χ3n) is 4.27. The molecule has 120 valence electrons. The number of carbonyl (C=O) groups excluding carboxylic acids is 1. The van der Waals surface area contributed by atoms with Gasteiger partial charge in [-0.1, -0.05) is 12.1 Å². The zero-order valence-corrected chi connectivity index (χ0v) is 13.7. The van der Waals surface area contributed by atoms with E-state index in [-0.39, 0.29) is 11.9 Å². The highest BCUT2D eigenvalue weighted by molar-refractivity contribution is 7.99. The Hall–Kier alpha value is -1.20. The lowest BCUT2D eigenvalue weighted by atomic mass is 10.1. The summed E-state index contributed by atoms with van der Waals surface area (Å²) in [5.41, 5.74) is 1.23. The van der Waals surface area contributed by atoms with E-state index >= 15 is 0 Å². The monoisotopic (exact) mass is 320 g/mol. The van der Waals surface area contributed by atoms with Crippen molar-refractivity contribution in [2.75, 3.05) is 18.2 Å². The smallest absolute Gasteiger partial charge is 0.238 e. The molecule has 3 rings (SSSR count). The van der Waals surface area contributed by atoms with Crippen molar-refractivity contribution in [3.8, 4) is 5.75 Å². The van der Waals surface area contributed by atoms with Crippen LogP contribution in [0.2, 0.25) is 0 Å². The SMILES string of the molecule is O=C(NCCc1ccc(OC2CCCC2)cc1)C1CSCN1. The number of hydrogen-bond acceptors (Lipinski definition) is 4. The highest BCUT2D eigenvalue weighted by atomic mass is 32.2. The van der Waals surface area contributed by atoms with E-state index in [0.717, 1.165) is 23.8 Å². The Morgan fingerprint density at radius 3 is 2.73 bits per heavy atom. The predicted octanol–water partition coefficient (Wildman–Crippen LogP) is 2.33. The van der Waals surface area contributed by atoms with Crippen LogP contribution in [0, 0.1) is 0 Å². The van der Waals surface area contributed by atoms with Crippen LogP contribution in [-0.2, 0) is 11.2 Å². The number of carbonyl (C=O) groups is 1. The average Bonchev–Trinajstić information content (AvgIpc) is 3.22. The van der Waals surface area contributed by atoms with Crippen LogP contribution in [-0.4, -0.2) is 36.2 Å². The second-order valence-corrected chi connectivity index (χ2v) is 7.01. The van der Waals surface area contributed by atoms with Crippen molar-refractivity contribution in [3.05, 3.63) is 29.8 Å². The summed E-state index contributed by atoms with van der Waals surface area (Å²) in [5, 5.41) is 6.18. The van der Waals surface area contributed by atoms with Crippen molar-refractivity contribution in [1.29, 1.82) is 0 Å². The van der Waals surface area contributed by atoms with Gasteiger partial charge in [0.1, 0.15) is 5.75 Å². The largest absolute Gasteiger partial charge is 0.490 e. The fourth-order valence-corrected chi connectivity index (χ4v) is 3.89. The van der Waals surface area contributed by atoms with E-state index in [9.17, 15) is 4.79 Å². The van der Waals surface area contributed by atoms with Gasteiger partial charge in [-0.15, -0.1) is 11.8 Å². The first-order valence-corrected chi connectivity index (χ1v) is 9.31. The molecule has 2 N–H and O–H groups in total. The van der Waals surface area contributed by atoms with Crippen molar-refractivity contribution in [1.82, 2.24) is 10.6 Å². The molecule has 0 aromatic heterocycles. The van der Waals surface area contributed by atoms with Crippen LogP contribution in [0.4, 0.5) is 0 Å². The van der Waals surface area contributed by atoms with E-state index in [1.165, 1.54) is 31.2 Å². The minimum atomic E-state index is -0.0211. The molecule has 2 aliphatic rings. The van der Waals surface area contributed by atoms with Gasteiger partial charge in [0, 0.05) is 18.2 Å². The first-order chi connectivity index (χ1) is 10.8. The van der Waals surface area contributed by atoms with Gasteiger partial charge >= 0.3 is 0 Å². The Labute approximate surface area is 136 Å². The van der Waals surface area contributed by atoms with Crippen LogP contribution < -0.4 is 15.4 Å². The van der Waals surface area contributed by atoms with Crippen molar-refractivity contribution >= 4 is 17.7 Å². The van der Waals surface area contributed by atoms with Crippen LogP contribution in [0.15, 0.2) is 24.3 Å². The van der Waals surface area contributed by atoms with Crippen LogP contribution >= 0.6 is 11.8 Å². The maximum Gasteiger partial charge on any atom is 0.238 e. The van der Waals surface area contributed by atoms with Crippen LogP contribution in [0.3, 0.4) is 0 Å². The number of amides is 1. The second-order valence-electron chi connectivity index (χ2n) is 5.98. The maximum atomic E-state index is 11.9. The standard InChI is InChI=1S/C17H24N2O2S/c20-17(16-11-22-12-19-16)18-10-9-13-5-7-15(8-6-13)21-14-3-1-2-4-14/h5-8,14,16,19H,1-4,9-12H2,(H,18,20). The van der Waals surface area contributed by atoms with Gasteiger partial charge in [-0.3, -0.25) is 10.1 Å². The maximum absolute atomic E-state index is 11.9. The minimum absolute atomic E-state index is 0.0211. The fourth-order valence-electron chi connectivity index (χ4n) is 2.95. The molecule has 0 radical (unpaired) electrons. The topological polar surface area (TPSA) is 50.4 Å². The molecular formula is C17H24N2O2S. The summed E-state index contributed by atoms with van der Waals surface area (Å²) in [6.07, 6.45) is 6.20. The van der Waals surface area contributed by atoms with E-state index in [1.807, 2.05) is 12.1 Å². The Bertz CT molecular complexity index is 480. The van der Waals surface area contributed by atoms with Crippen LogP contribution in [0.5, 0.6) is 5.75 Å². The Morgan fingerprint density at radius 1 is 1.27 bits per heavy atom. The lowest BCUT2D eigenvalue weighted by Crippen LogP contribution is -2.42. The van der Waals surface area contributed by atoms with E-state index in [1.54, 1.807) is 11.8 Å². The van der Waals surface area contributed by atoms with E-state index in [2.05, 4.69) is 22.8 Å². The highest BCUT2D eigenvalue weighted by Gasteiger charge is 2.21. The zero-order chi connectivity index (χ0) is 15.2. The number of hydrogen-bond donors (Lipinski definition) is 2. The summed E-state index contributed by atoms with van der Waals surface area (Å²) in [6, 6.07) is 8.27. The molecule has 22 heavy (non-hydrogen) atoms. The van der Waals surface area contributed by atoms with Gasteiger partial charge in [-0.25, -0.2) is 0 Å². The minimum Gasteiger partial charge on any atom is -0.490 e. The molecule has 2 fully saturated rings. The van der Waals surface area contributed by atoms with Gasteiger partial charge in [0.25, 0.3) is 0 Å². The average molecular weight is 320 g/mol. The Kier molecular flexibility index (Phi) is 5.62. The van der Waals surface area contributed by atoms with Crippen LogP contribution in [0.1, 0.15) is 31.2 Å². The van der Waals surface area contributed by atoms with Gasteiger partial charge in [-0.05, 0) is 49.8 Å². The first kappa shape index (κ1) is 15.7. The normalized spacial score (nSPS) is 21.9. The number of nitrogens with one attached hydrogen (secondary N) is 2. The predicted molar refractivity (Wildman–Crippen MR) is 90.3 cm³/mol. The first-order valence-electron chi connectivity index (χ1n) is 8.16. The van der Waals surface area contributed by atoms with Gasteiger partial charge in [-0.2, -0.15) is 0 Å². The molecule has 4 nitrogen and oxygen atoms in total. The lowest BCUT2D eigenvalue weighted by molar-refractivity contribution is -0.122. The summed E-state index contributed by atoms with van der Waals surface area (Å²) >= 11 is 1.77. The molecule has 1 aliphatic carbocycles. The van der Waals surface area contributed by atoms with E-state index < -0.39 is 0 Å². The third kappa shape index (κ3) is 4.40. The quantitative estimate of drug-likeness (QED) is 0.845. The highest BCUT2D eigenvalue weighted by Crippen LogP contribution is 2.24. The molecule has 1 atom stereocenters.